The molecule has 3 heteroatoms. The van der Waals surface area contributed by atoms with Crippen LogP contribution in [-0.4, -0.2) is 24.7 Å². The number of nitrogens with zero attached hydrogens (tertiary/aromatic N) is 1. The van der Waals surface area contributed by atoms with Crippen molar-refractivity contribution in [3.63, 3.8) is 0 Å². The predicted octanol–water partition coefficient (Wildman–Crippen LogP) is 3.62. The molecule has 2 heterocycles. The molecule has 112 valence electrons. The van der Waals surface area contributed by atoms with Crippen LogP contribution in [-0.2, 0) is 4.74 Å². The molecule has 1 N–H and O–H groups in total. The molecule has 1 fully saturated rings. The molecule has 0 saturated carbocycles. The summed E-state index contributed by atoms with van der Waals surface area (Å²) in [5.74, 6) is 0.564. The van der Waals surface area contributed by atoms with Crippen LogP contribution in [0.1, 0.15) is 37.1 Å². The van der Waals surface area contributed by atoms with Crippen molar-refractivity contribution in [3.05, 3.63) is 41.6 Å². The molecule has 1 aromatic heterocycles. The molecular weight excluding hydrogens is 260 g/mol. The summed E-state index contributed by atoms with van der Waals surface area (Å²) in [5.41, 5.74) is 3.50. The standard InChI is InChI=1S/C18H24N2O/c1-3-19-18(16-5-4-10-21-12-16)15-8-9-17-14(11-15)7-6-13(2)20-17/h6-9,11,16,18-19H,3-5,10,12H2,1-2H3. The zero-order valence-corrected chi connectivity index (χ0v) is 12.9. The van der Waals surface area contributed by atoms with Gasteiger partial charge < -0.3 is 10.1 Å². The Labute approximate surface area is 126 Å². The van der Waals surface area contributed by atoms with Gasteiger partial charge in [0.1, 0.15) is 0 Å². The van der Waals surface area contributed by atoms with Crippen LogP contribution in [0.3, 0.4) is 0 Å². The van der Waals surface area contributed by atoms with Gasteiger partial charge in [-0.2, -0.15) is 0 Å². The second-order valence-electron chi connectivity index (χ2n) is 5.92. The Bertz CT molecular complexity index is 605. The van der Waals surface area contributed by atoms with E-state index < -0.39 is 0 Å². The lowest BCUT2D eigenvalue weighted by atomic mass is 9.88. The van der Waals surface area contributed by atoms with Crippen molar-refractivity contribution in [2.45, 2.75) is 32.7 Å². The van der Waals surface area contributed by atoms with Gasteiger partial charge in [0.25, 0.3) is 0 Å². The van der Waals surface area contributed by atoms with Crippen LogP contribution in [0.2, 0.25) is 0 Å². The average molecular weight is 284 g/mol. The van der Waals surface area contributed by atoms with Gasteiger partial charge in [0.15, 0.2) is 0 Å². The normalized spacial score (nSPS) is 20.6. The van der Waals surface area contributed by atoms with Crippen molar-refractivity contribution in [1.29, 1.82) is 0 Å². The van der Waals surface area contributed by atoms with Gasteiger partial charge in [0.05, 0.1) is 12.1 Å². The Morgan fingerprint density at radius 1 is 1.33 bits per heavy atom. The Morgan fingerprint density at radius 3 is 3.00 bits per heavy atom. The Balaban J connectivity index is 1.92. The zero-order valence-electron chi connectivity index (χ0n) is 12.9. The number of pyridine rings is 1. The molecule has 0 radical (unpaired) electrons. The van der Waals surface area contributed by atoms with E-state index in [4.69, 9.17) is 4.74 Å². The van der Waals surface area contributed by atoms with Gasteiger partial charge in [0, 0.05) is 29.6 Å². The fourth-order valence-electron chi connectivity index (χ4n) is 3.24. The number of ether oxygens (including phenoxy) is 1. The molecule has 1 saturated heterocycles. The highest BCUT2D eigenvalue weighted by molar-refractivity contribution is 5.79. The van der Waals surface area contributed by atoms with Gasteiger partial charge in [-0.3, -0.25) is 4.98 Å². The maximum atomic E-state index is 5.68. The molecule has 0 bridgehead atoms. The van der Waals surface area contributed by atoms with E-state index in [9.17, 15) is 0 Å². The minimum Gasteiger partial charge on any atom is -0.381 e. The topological polar surface area (TPSA) is 34.2 Å². The second-order valence-corrected chi connectivity index (χ2v) is 5.92. The van der Waals surface area contributed by atoms with Gasteiger partial charge in [-0.1, -0.05) is 19.1 Å². The average Bonchev–Trinajstić information content (AvgIpc) is 2.53. The lowest BCUT2D eigenvalue weighted by Gasteiger charge is -2.31. The molecule has 0 aliphatic carbocycles. The summed E-state index contributed by atoms with van der Waals surface area (Å²) in [6.07, 6.45) is 2.41. The van der Waals surface area contributed by atoms with Gasteiger partial charge in [0.2, 0.25) is 0 Å². The van der Waals surface area contributed by atoms with Crippen LogP contribution in [0.4, 0.5) is 0 Å². The first-order valence-corrected chi connectivity index (χ1v) is 7.96. The van der Waals surface area contributed by atoms with E-state index in [1.807, 2.05) is 6.92 Å². The third-order valence-corrected chi connectivity index (χ3v) is 4.30. The minimum absolute atomic E-state index is 0.376. The van der Waals surface area contributed by atoms with Crippen LogP contribution in [0.15, 0.2) is 30.3 Å². The third-order valence-electron chi connectivity index (χ3n) is 4.30. The van der Waals surface area contributed by atoms with Crippen molar-refractivity contribution in [2.24, 2.45) is 5.92 Å². The lowest BCUT2D eigenvalue weighted by molar-refractivity contribution is 0.0393. The summed E-state index contributed by atoms with van der Waals surface area (Å²) in [5, 5.41) is 4.86. The summed E-state index contributed by atoms with van der Waals surface area (Å²) < 4.78 is 5.68. The number of nitrogens with one attached hydrogen (secondary N) is 1. The van der Waals surface area contributed by atoms with E-state index in [-0.39, 0.29) is 0 Å². The number of fused-ring (bicyclic) bond motifs is 1. The molecule has 1 aromatic carbocycles. The van der Waals surface area contributed by atoms with E-state index >= 15 is 0 Å². The molecule has 2 unspecified atom stereocenters. The highest BCUT2D eigenvalue weighted by atomic mass is 16.5. The summed E-state index contributed by atoms with van der Waals surface area (Å²) in [6, 6.07) is 11.3. The fraction of sp³-hybridized carbons (Fsp3) is 0.500. The van der Waals surface area contributed by atoms with Crippen LogP contribution >= 0.6 is 0 Å². The van der Waals surface area contributed by atoms with Crippen LogP contribution < -0.4 is 5.32 Å². The summed E-state index contributed by atoms with van der Waals surface area (Å²) in [7, 11) is 0. The molecule has 1 aliphatic heterocycles. The Kier molecular flexibility index (Phi) is 4.51. The van der Waals surface area contributed by atoms with E-state index in [0.717, 1.165) is 31.0 Å². The molecule has 3 rings (SSSR count). The van der Waals surface area contributed by atoms with Gasteiger partial charge in [-0.25, -0.2) is 0 Å². The SMILES string of the molecule is CCNC(c1ccc2nc(C)ccc2c1)C1CCCOC1. The second kappa shape index (κ2) is 6.54. The molecule has 2 atom stereocenters. The number of aromatic nitrogens is 1. The van der Waals surface area contributed by atoms with E-state index in [0.29, 0.717) is 12.0 Å². The summed E-state index contributed by atoms with van der Waals surface area (Å²) >= 11 is 0. The van der Waals surface area contributed by atoms with Gasteiger partial charge >= 0.3 is 0 Å². The molecule has 0 amide bonds. The van der Waals surface area contributed by atoms with Crippen molar-refractivity contribution < 1.29 is 4.74 Å². The number of rotatable bonds is 4. The minimum atomic E-state index is 0.376. The van der Waals surface area contributed by atoms with Gasteiger partial charge in [-0.05, 0) is 50.1 Å². The van der Waals surface area contributed by atoms with Crippen molar-refractivity contribution in [2.75, 3.05) is 19.8 Å². The largest absolute Gasteiger partial charge is 0.381 e. The first kappa shape index (κ1) is 14.5. The number of hydrogen-bond acceptors (Lipinski definition) is 3. The zero-order chi connectivity index (χ0) is 14.7. The predicted molar refractivity (Wildman–Crippen MR) is 86.4 cm³/mol. The quantitative estimate of drug-likeness (QED) is 0.931. The van der Waals surface area contributed by atoms with Crippen LogP contribution in [0.5, 0.6) is 0 Å². The molecular formula is C18H24N2O. The summed E-state index contributed by atoms with van der Waals surface area (Å²) in [4.78, 5) is 4.59. The van der Waals surface area contributed by atoms with E-state index in [1.54, 1.807) is 0 Å². The summed E-state index contributed by atoms with van der Waals surface area (Å²) in [6.45, 7) is 6.96. The van der Waals surface area contributed by atoms with Crippen molar-refractivity contribution in [1.82, 2.24) is 10.3 Å². The Hall–Kier alpha value is -1.45. The molecule has 1 aliphatic rings. The van der Waals surface area contributed by atoms with Crippen molar-refractivity contribution >= 4 is 10.9 Å². The third kappa shape index (κ3) is 3.25. The smallest absolute Gasteiger partial charge is 0.0705 e. The monoisotopic (exact) mass is 284 g/mol. The maximum Gasteiger partial charge on any atom is 0.0705 e. The van der Waals surface area contributed by atoms with Crippen LogP contribution in [0, 0.1) is 12.8 Å². The fourth-order valence-corrected chi connectivity index (χ4v) is 3.24. The first-order valence-electron chi connectivity index (χ1n) is 7.96. The number of aryl methyl sites for hydroxylation is 1. The highest BCUT2D eigenvalue weighted by Crippen LogP contribution is 2.30. The molecule has 21 heavy (non-hydrogen) atoms. The van der Waals surface area contributed by atoms with Crippen LogP contribution in [0.25, 0.3) is 10.9 Å². The number of benzene rings is 1. The molecule has 0 spiro atoms. The van der Waals surface area contributed by atoms with Crippen molar-refractivity contribution in [3.8, 4) is 0 Å². The van der Waals surface area contributed by atoms with E-state index in [1.165, 1.54) is 23.8 Å². The van der Waals surface area contributed by atoms with E-state index in [2.05, 4.69) is 47.6 Å². The highest BCUT2D eigenvalue weighted by Gasteiger charge is 2.25. The first-order chi connectivity index (χ1) is 10.3. The Morgan fingerprint density at radius 2 is 2.24 bits per heavy atom. The lowest BCUT2D eigenvalue weighted by Crippen LogP contribution is -2.33. The molecule has 3 nitrogen and oxygen atoms in total. The maximum absolute atomic E-state index is 5.68. The van der Waals surface area contributed by atoms with Gasteiger partial charge in [-0.15, -0.1) is 0 Å². The number of hydrogen-bond donors (Lipinski definition) is 1. The molecule has 2 aromatic rings.